The van der Waals surface area contributed by atoms with E-state index in [9.17, 15) is 20.2 Å². The van der Waals surface area contributed by atoms with Crippen LogP contribution in [0.5, 0.6) is 0 Å². The molecule has 0 amide bonds. The highest BCUT2D eigenvalue weighted by molar-refractivity contribution is 5.88. The number of furan rings is 1. The van der Waals surface area contributed by atoms with Crippen molar-refractivity contribution in [1.82, 2.24) is 9.97 Å². The quantitative estimate of drug-likeness (QED) is 0.320. The molecular formula is C21H12N4O4. The third-order valence-corrected chi connectivity index (χ3v) is 4.27. The first-order valence-electron chi connectivity index (χ1n) is 8.51. The maximum Gasteiger partial charge on any atom is 0.280 e. The molecule has 4 rings (SSSR count). The summed E-state index contributed by atoms with van der Waals surface area (Å²) in [6, 6.07) is 18.2. The predicted molar refractivity (Wildman–Crippen MR) is 107 cm³/mol. The molecule has 0 radical (unpaired) electrons. The van der Waals surface area contributed by atoms with E-state index in [1.807, 2.05) is 6.07 Å². The van der Waals surface area contributed by atoms with Crippen molar-refractivity contribution < 1.29 is 9.34 Å². The summed E-state index contributed by atoms with van der Waals surface area (Å²) in [7, 11) is 0. The van der Waals surface area contributed by atoms with Crippen molar-refractivity contribution in [2.45, 2.75) is 0 Å². The van der Waals surface area contributed by atoms with E-state index in [1.165, 1.54) is 12.1 Å². The summed E-state index contributed by atoms with van der Waals surface area (Å²) in [5, 5.41) is 21.2. The second kappa shape index (κ2) is 7.25. The summed E-state index contributed by atoms with van der Waals surface area (Å²) < 4.78 is 5.68. The van der Waals surface area contributed by atoms with Gasteiger partial charge in [-0.05, 0) is 30.3 Å². The van der Waals surface area contributed by atoms with Gasteiger partial charge in [0, 0.05) is 12.1 Å². The van der Waals surface area contributed by atoms with E-state index in [1.54, 1.807) is 54.6 Å². The Kier molecular flexibility index (Phi) is 4.47. The largest absolute Gasteiger partial charge is 0.456 e. The maximum atomic E-state index is 12.2. The van der Waals surface area contributed by atoms with Gasteiger partial charge >= 0.3 is 0 Å². The number of rotatable bonds is 4. The van der Waals surface area contributed by atoms with Gasteiger partial charge in [-0.3, -0.25) is 14.9 Å². The summed E-state index contributed by atoms with van der Waals surface area (Å²) in [6.45, 7) is 0. The van der Waals surface area contributed by atoms with Crippen LogP contribution in [0.25, 0.3) is 33.9 Å². The molecule has 0 spiro atoms. The van der Waals surface area contributed by atoms with Crippen molar-refractivity contribution in [2.75, 3.05) is 0 Å². The Morgan fingerprint density at radius 1 is 1.14 bits per heavy atom. The highest BCUT2D eigenvalue weighted by Gasteiger charge is 2.17. The Labute approximate surface area is 163 Å². The molecule has 2 heterocycles. The number of benzene rings is 2. The van der Waals surface area contributed by atoms with Gasteiger partial charge in [0.15, 0.2) is 5.82 Å². The van der Waals surface area contributed by atoms with Crippen molar-refractivity contribution in [3.63, 3.8) is 0 Å². The molecule has 0 bridgehead atoms. The minimum atomic E-state index is -0.488. The van der Waals surface area contributed by atoms with Crippen LogP contribution in [0.3, 0.4) is 0 Å². The van der Waals surface area contributed by atoms with Crippen LogP contribution in [0.15, 0.2) is 69.9 Å². The zero-order chi connectivity index (χ0) is 20.4. The van der Waals surface area contributed by atoms with Gasteiger partial charge in [0.2, 0.25) is 0 Å². The van der Waals surface area contributed by atoms with E-state index < -0.39 is 4.92 Å². The first-order valence-corrected chi connectivity index (χ1v) is 8.51. The summed E-state index contributed by atoms with van der Waals surface area (Å²) in [6.07, 6.45) is 1.42. The number of aromatic amines is 1. The predicted octanol–water partition coefficient (Wildman–Crippen LogP) is 4.16. The number of H-pyrrole nitrogens is 1. The van der Waals surface area contributed by atoms with Crippen LogP contribution >= 0.6 is 0 Å². The van der Waals surface area contributed by atoms with Crippen LogP contribution in [0.2, 0.25) is 0 Å². The molecule has 0 fully saturated rings. The van der Waals surface area contributed by atoms with E-state index in [2.05, 4.69) is 9.97 Å². The van der Waals surface area contributed by atoms with E-state index in [0.29, 0.717) is 28.0 Å². The van der Waals surface area contributed by atoms with Gasteiger partial charge in [-0.2, -0.15) is 5.26 Å². The number of hydrogen-bond donors (Lipinski definition) is 1. The molecule has 8 heteroatoms. The van der Waals surface area contributed by atoms with Gasteiger partial charge in [0.05, 0.1) is 27.0 Å². The molecule has 0 saturated heterocycles. The number of nitro groups is 1. The Hall–Kier alpha value is -4.51. The van der Waals surface area contributed by atoms with Crippen LogP contribution in [0.4, 0.5) is 5.69 Å². The topological polar surface area (TPSA) is 126 Å². The molecule has 8 nitrogen and oxygen atoms in total. The van der Waals surface area contributed by atoms with Crippen molar-refractivity contribution in [3.05, 3.63) is 92.7 Å². The Morgan fingerprint density at radius 3 is 2.69 bits per heavy atom. The van der Waals surface area contributed by atoms with Crippen LogP contribution in [-0.2, 0) is 0 Å². The molecule has 0 saturated carbocycles. The van der Waals surface area contributed by atoms with Crippen molar-refractivity contribution in [1.29, 1.82) is 5.26 Å². The standard InChI is InChI=1S/C21H12N4O4/c22-12-13(20-23-17-7-3-1-5-15(17)21(26)24-20)11-14-9-10-19(29-14)16-6-2-4-8-18(16)25(27)28/h1-11H,(H,23,24,26). The minimum absolute atomic E-state index is 0.0848. The highest BCUT2D eigenvalue weighted by Crippen LogP contribution is 2.31. The van der Waals surface area contributed by atoms with E-state index in [4.69, 9.17) is 4.42 Å². The minimum Gasteiger partial charge on any atom is -0.456 e. The monoisotopic (exact) mass is 384 g/mol. The SMILES string of the molecule is N#CC(=Cc1ccc(-c2ccccc2[N+](=O)[O-])o1)c1nc2ccccc2c(=O)[nH]1. The van der Waals surface area contributed by atoms with Crippen molar-refractivity contribution in [3.8, 4) is 17.4 Å². The van der Waals surface area contributed by atoms with Gasteiger partial charge in [0.25, 0.3) is 11.2 Å². The number of allylic oxidation sites excluding steroid dienone is 1. The lowest BCUT2D eigenvalue weighted by molar-refractivity contribution is -0.384. The molecule has 0 atom stereocenters. The summed E-state index contributed by atoms with van der Waals surface area (Å²) in [5.41, 5.74) is 0.446. The lowest BCUT2D eigenvalue weighted by Crippen LogP contribution is -2.11. The van der Waals surface area contributed by atoms with E-state index >= 15 is 0 Å². The molecular weight excluding hydrogens is 372 g/mol. The normalized spacial score (nSPS) is 11.3. The first kappa shape index (κ1) is 17.9. The smallest absolute Gasteiger partial charge is 0.280 e. The second-order valence-corrected chi connectivity index (χ2v) is 6.08. The van der Waals surface area contributed by atoms with Crippen LogP contribution in [0.1, 0.15) is 11.6 Å². The average molecular weight is 384 g/mol. The number of nitro benzene ring substituents is 1. The molecule has 2 aromatic carbocycles. The number of nitrogens with zero attached hydrogens (tertiary/aromatic N) is 3. The number of para-hydroxylation sites is 2. The van der Waals surface area contributed by atoms with Gasteiger partial charge in [0.1, 0.15) is 17.6 Å². The summed E-state index contributed by atoms with van der Waals surface area (Å²) in [5.74, 6) is 0.700. The number of aromatic nitrogens is 2. The first-order chi connectivity index (χ1) is 14.1. The molecule has 0 unspecified atom stereocenters. The Balaban J connectivity index is 1.76. The fraction of sp³-hybridized carbons (Fsp3) is 0. The van der Waals surface area contributed by atoms with Crippen LogP contribution in [-0.4, -0.2) is 14.9 Å². The van der Waals surface area contributed by atoms with Crippen LogP contribution < -0.4 is 5.56 Å². The number of nitriles is 1. The number of hydrogen-bond acceptors (Lipinski definition) is 6. The fourth-order valence-electron chi connectivity index (χ4n) is 2.93. The highest BCUT2D eigenvalue weighted by atomic mass is 16.6. The Morgan fingerprint density at radius 2 is 1.90 bits per heavy atom. The second-order valence-electron chi connectivity index (χ2n) is 6.08. The van der Waals surface area contributed by atoms with Gasteiger partial charge in [-0.25, -0.2) is 4.98 Å². The van der Waals surface area contributed by atoms with Crippen molar-refractivity contribution in [2.24, 2.45) is 0 Å². The molecule has 1 N–H and O–H groups in total. The van der Waals surface area contributed by atoms with Gasteiger partial charge in [-0.15, -0.1) is 0 Å². The van der Waals surface area contributed by atoms with Crippen LogP contribution in [0, 0.1) is 21.4 Å². The molecule has 140 valence electrons. The molecule has 29 heavy (non-hydrogen) atoms. The third-order valence-electron chi connectivity index (χ3n) is 4.27. The van der Waals surface area contributed by atoms with Crippen molar-refractivity contribution >= 4 is 28.2 Å². The molecule has 0 aliphatic heterocycles. The lowest BCUT2D eigenvalue weighted by Gasteiger charge is -2.01. The van der Waals surface area contributed by atoms with E-state index in [-0.39, 0.29) is 22.6 Å². The molecule has 4 aromatic rings. The maximum absolute atomic E-state index is 12.2. The number of nitrogens with one attached hydrogen (secondary N) is 1. The average Bonchev–Trinajstić information content (AvgIpc) is 3.20. The summed E-state index contributed by atoms with van der Waals surface area (Å²) in [4.78, 5) is 29.9. The molecule has 0 aliphatic carbocycles. The Bertz CT molecular complexity index is 1380. The third kappa shape index (κ3) is 3.40. The van der Waals surface area contributed by atoms with E-state index in [0.717, 1.165) is 0 Å². The zero-order valence-corrected chi connectivity index (χ0v) is 14.8. The zero-order valence-electron chi connectivity index (χ0n) is 14.8. The fourth-order valence-corrected chi connectivity index (χ4v) is 2.93. The number of fused-ring (bicyclic) bond motifs is 1. The molecule has 2 aromatic heterocycles. The van der Waals surface area contributed by atoms with Gasteiger partial charge < -0.3 is 9.40 Å². The van der Waals surface area contributed by atoms with Gasteiger partial charge in [-0.1, -0.05) is 24.3 Å². The molecule has 0 aliphatic rings. The lowest BCUT2D eigenvalue weighted by atomic mass is 10.1. The summed E-state index contributed by atoms with van der Waals surface area (Å²) >= 11 is 0.